The van der Waals surface area contributed by atoms with Gasteiger partial charge in [-0.05, 0) is 48.9 Å². The molecule has 1 aliphatic heterocycles. The number of hydrogen-bond donors (Lipinski definition) is 0. The van der Waals surface area contributed by atoms with Crippen molar-refractivity contribution in [3.05, 3.63) is 71.0 Å². The Labute approximate surface area is 180 Å². The van der Waals surface area contributed by atoms with Gasteiger partial charge in [-0.3, -0.25) is 14.6 Å². The van der Waals surface area contributed by atoms with Crippen LogP contribution in [0.15, 0.2) is 53.9 Å². The summed E-state index contributed by atoms with van der Waals surface area (Å²) in [6.45, 7) is 7.96. The number of hydrogen-bond acceptors (Lipinski definition) is 5. The summed E-state index contributed by atoms with van der Waals surface area (Å²) in [5, 5.41) is 2.74. The van der Waals surface area contributed by atoms with Crippen LogP contribution in [0.25, 0.3) is 0 Å². The van der Waals surface area contributed by atoms with Gasteiger partial charge in [0.25, 0.3) is 0 Å². The van der Waals surface area contributed by atoms with Gasteiger partial charge in [-0.15, -0.1) is 11.3 Å². The molecule has 2 heterocycles. The zero-order chi connectivity index (χ0) is 21.1. The number of anilines is 3. The van der Waals surface area contributed by atoms with Crippen molar-refractivity contribution in [1.29, 1.82) is 0 Å². The van der Waals surface area contributed by atoms with Gasteiger partial charge in [-0.2, -0.15) is 0 Å². The lowest BCUT2D eigenvalue weighted by Gasteiger charge is -2.35. The molecule has 0 N–H and O–H groups in total. The highest BCUT2D eigenvalue weighted by atomic mass is 32.1. The molecule has 0 bridgehead atoms. The normalized spacial score (nSPS) is 14.7. The van der Waals surface area contributed by atoms with Gasteiger partial charge in [0.15, 0.2) is 5.13 Å². The summed E-state index contributed by atoms with van der Waals surface area (Å²) >= 11 is 1.50. The molecule has 0 radical (unpaired) electrons. The summed E-state index contributed by atoms with van der Waals surface area (Å²) < 4.78 is 13.1. The number of carbonyl (C=O) groups excluding carboxylic acids is 1. The minimum atomic E-state index is -0.206. The number of amides is 1. The van der Waals surface area contributed by atoms with E-state index in [9.17, 15) is 9.18 Å². The average molecular weight is 425 g/mol. The van der Waals surface area contributed by atoms with Crippen LogP contribution in [0.4, 0.5) is 20.9 Å². The highest BCUT2D eigenvalue weighted by Crippen LogP contribution is 2.30. The molecule has 3 aromatic rings. The number of benzene rings is 2. The maximum atomic E-state index is 13.1. The van der Waals surface area contributed by atoms with Crippen LogP contribution in [0, 0.1) is 12.7 Å². The third-order valence-electron chi connectivity index (χ3n) is 5.26. The Balaban J connectivity index is 1.40. The standard InChI is InChI=1S/C23H25FN4OS/c1-17-4-3-5-22(14-17)28(18(2)29)23-25-20(16-30-23)15-26-10-12-27(13-11-26)21-8-6-19(24)7-9-21/h3-9,14,16H,10-13,15H2,1-2H3. The van der Waals surface area contributed by atoms with E-state index >= 15 is 0 Å². The number of piperazine rings is 1. The van der Waals surface area contributed by atoms with Crippen molar-refractivity contribution < 1.29 is 9.18 Å². The van der Waals surface area contributed by atoms with Crippen LogP contribution < -0.4 is 9.80 Å². The molecule has 1 saturated heterocycles. The Bertz CT molecular complexity index is 1010. The highest BCUT2D eigenvalue weighted by Gasteiger charge is 2.21. The van der Waals surface area contributed by atoms with Crippen molar-refractivity contribution in [3.63, 3.8) is 0 Å². The van der Waals surface area contributed by atoms with E-state index in [1.807, 2.05) is 48.7 Å². The maximum Gasteiger partial charge on any atom is 0.230 e. The lowest BCUT2D eigenvalue weighted by Crippen LogP contribution is -2.46. The van der Waals surface area contributed by atoms with Crippen LogP contribution >= 0.6 is 11.3 Å². The molecule has 1 fully saturated rings. The zero-order valence-electron chi connectivity index (χ0n) is 17.2. The second-order valence-corrected chi connectivity index (χ2v) is 8.39. The molecular formula is C23H25FN4OS. The Hall–Kier alpha value is -2.77. The topological polar surface area (TPSA) is 39.7 Å². The Morgan fingerprint density at radius 1 is 1.13 bits per heavy atom. The molecule has 0 unspecified atom stereocenters. The molecule has 4 rings (SSSR count). The Kier molecular flexibility index (Phi) is 6.11. The molecule has 2 aromatic carbocycles. The number of aromatic nitrogens is 1. The molecule has 1 aliphatic rings. The smallest absolute Gasteiger partial charge is 0.230 e. The molecule has 5 nitrogen and oxygen atoms in total. The summed E-state index contributed by atoms with van der Waals surface area (Å²) in [7, 11) is 0. The Morgan fingerprint density at radius 3 is 2.53 bits per heavy atom. The lowest BCUT2D eigenvalue weighted by molar-refractivity contribution is -0.115. The van der Waals surface area contributed by atoms with Crippen LogP contribution in [-0.4, -0.2) is 42.0 Å². The summed E-state index contributed by atoms with van der Waals surface area (Å²) in [6.07, 6.45) is 0. The summed E-state index contributed by atoms with van der Waals surface area (Å²) in [5.74, 6) is -0.253. The fourth-order valence-corrected chi connectivity index (χ4v) is 4.59. The van der Waals surface area contributed by atoms with E-state index < -0.39 is 0 Å². The fourth-order valence-electron chi connectivity index (χ4n) is 3.71. The van der Waals surface area contributed by atoms with Gasteiger partial charge >= 0.3 is 0 Å². The first kappa shape index (κ1) is 20.5. The number of carbonyl (C=O) groups is 1. The second-order valence-electron chi connectivity index (χ2n) is 7.55. The van der Waals surface area contributed by atoms with E-state index in [0.29, 0.717) is 5.13 Å². The van der Waals surface area contributed by atoms with Crippen molar-refractivity contribution in [2.75, 3.05) is 36.0 Å². The number of thiazole rings is 1. The van der Waals surface area contributed by atoms with Crippen molar-refractivity contribution in [2.24, 2.45) is 0 Å². The van der Waals surface area contributed by atoms with Crippen molar-refractivity contribution in [3.8, 4) is 0 Å². The third kappa shape index (κ3) is 4.68. The van der Waals surface area contributed by atoms with Gasteiger partial charge in [0.2, 0.25) is 5.91 Å². The van der Waals surface area contributed by atoms with E-state index in [1.165, 1.54) is 23.5 Å². The van der Waals surface area contributed by atoms with Crippen molar-refractivity contribution >= 4 is 33.8 Å². The van der Waals surface area contributed by atoms with E-state index in [2.05, 4.69) is 9.80 Å². The second kappa shape index (κ2) is 8.93. The van der Waals surface area contributed by atoms with Crippen LogP contribution in [-0.2, 0) is 11.3 Å². The third-order valence-corrected chi connectivity index (χ3v) is 6.13. The average Bonchev–Trinajstić information content (AvgIpc) is 3.17. The molecular weight excluding hydrogens is 399 g/mol. The van der Waals surface area contributed by atoms with Crippen molar-refractivity contribution in [2.45, 2.75) is 20.4 Å². The number of halogens is 1. The molecule has 1 amide bonds. The summed E-state index contributed by atoms with van der Waals surface area (Å²) in [6, 6.07) is 14.6. The van der Waals surface area contributed by atoms with Crippen LogP contribution in [0.2, 0.25) is 0 Å². The van der Waals surface area contributed by atoms with Gasteiger partial charge in [-0.25, -0.2) is 9.37 Å². The predicted octanol–water partition coefficient (Wildman–Crippen LogP) is 4.60. The van der Waals surface area contributed by atoms with E-state index in [0.717, 1.165) is 55.4 Å². The zero-order valence-corrected chi connectivity index (χ0v) is 18.0. The molecule has 30 heavy (non-hydrogen) atoms. The van der Waals surface area contributed by atoms with Gasteiger partial charge in [-0.1, -0.05) is 12.1 Å². The lowest BCUT2D eigenvalue weighted by atomic mass is 10.2. The molecule has 156 valence electrons. The summed E-state index contributed by atoms with van der Waals surface area (Å²) in [5.41, 5.74) is 3.98. The van der Waals surface area contributed by atoms with E-state index in [4.69, 9.17) is 4.98 Å². The predicted molar refractivity (Wildman–Crippen MR) is 120 cm³/mol. The molecule has 0 aliphatic carbocycles. The van der Waals surface area contributed by atoms with Gasteiger partial charge in [0.1, 0.15) is 5.82 Å². The van der Waals surface area contributed by atoms with E-state index in [1.54, 1.807) is 11.8 Å². The van der Waals surface area contributed by atoms with Crippen molar-refractivity contribution in [1.82, 2.24) is 9.88 Å². The SMILES string of the molecule is CC(=O)N(c1cccc(C)c1)c1nc(CN2CCN(c3ccc(F)cc3)CC2)cs1. The quantitative estimate of drug-likeness (QED) is 0.600. The van der Waals surface area contributed by atoms with Gasteiger partial charge in [0.05, 0.1) is 11.4 Å². The maximum absolute atomic E-state index is 13.1. The monoisotopic (exact) mass is 424 g/mol. The van der Waals surface area contributed by atoms with Gasteiger partial charge in [0, 0.05) is 50.7 Å². The number of aryl methyl sites for hydroxylation is 1. The molecule has 1 aromatic heterocycles. The van der Waals surface area contributed by atoms with E-state index in [-0.39, 0.29) is 11.7 Å². The minimum absolute atomic E-state index is 0.0468. The molecule has 0 saturated carbocycles. The molecule has 7 heteroatoms. The first-order valence-electron chi connectivity index (χ1n) is 10.0. The first-order chi connectivity index (χ1) is 14.5. The Morgan fingerprint density at radius 2 is 1.87 bits per heavy atom. The summed E-state index contributed by atoms with van der Waals surface area (Å²) in [4.78, 5) is 23.4. The number of nitrogens with zero attached hydrogens (tertiary/aromatic N) is 4. The van der Waals surface area contributed by atoms with Crippen LogP contribution in [0.3, 0.4) is 0 Å². The largest absolute Gasteiger partial charge is 0.369 e. The minimum Gasteiger partial charge on any atom is -0.369 e. The molecule has 0 spiro atoms. The highest BCUT2D eigenvalue weighted by molar-refractivity contribution is 7.14. The first-order valence-corrected chi connectivity index (χ1v) is 10.9. The fraction of sp³-hybridized carbons (Fsp3) is 0.304. The van der Waals surface area contributed by atoms with Crippen LogP contribution in [0.5, 0.6) is 0 Å². The van der Waals surface area contributed by atoms with Crippen LogP contribution in [0.1, 0.15) is 18.2 Å². The number of rotatable bonds is 5. The molecule has 0 atom stereocenters. The van der Waals surface area contributed by atoms with Gasteiger partial charge < -0.3 is 4.90 Å².